The third-order valence-electron chi connectivity index (χ3n) is 5.31. The number of likely N-dealkylation sites (tertiary alicyclic amines) is 1. The van der Waals surface area contributed by atoms with Crippen LogP contribution in [0.25, 0.3) is 0 Å². The monoisotopic (exact) mass is 345 g/mol. The van der Waals surface area contributed by atoms with Crippen LogP contribution in [-0.2, 0) is 11.3 Å². The van der Waals surface area contributed by atoms with Gasteiger partial charge in [0.25, 0.3) is 0 Å². The molecule has 0 bridgehead atoms. The molecule has 0 amide bonds. The van der Waals surface area contributed by atoms with E-state index in [0.717, 1.165) is 18.4 Å². The zero-order chi connectivity index (χ0) is 17.4. The molecule has 1 aliphatic carbocycles. The average molecular weight is 345 g/mol. The summed E-state index contributed by atoms with van der Waals surface area (Å²) in [6, 6.07) is 0.374. The molecular weight excluding hydrogens is 323 g/mol. The van der Waals surface area contributed by atoms with Crippen molar-refractivity contribution in [2.24, 2.45) is 5.41 Å². The molecule has 0 spiro atoms. The first-order valence-electron chi connectivity index (χ1n) is 8.37. The van der Waals surface area contributed by atoms with Crippen LogP contribution >= 0.6 is 0 Å². The van der Waals surface area contributed by atoms with Crippen LogP contribution in [0.5, 0.6) is 0 Å². The van der Waals surface area contributed by atoms with Gasteiger partial charge in [-0.05, 0) is 19.3 Å². The van der Waals surface area contributed by atoms with E-state index in [9.17, 15) is 18.0 Å². The van der Waals surface area contributed by atoms with Crippen molar-refractivity contribution in [1.82, 2.24) is 14.7 Å². The van der Waals surface area contributed by atoms with Gasteiger partial charge in [-0.1, -0.05) is 19.3 Å². The number of alkyl halides is 3. The highest BCUT2D eigenvalue weighted by atomic mass is 19.4. The largest absolute Gasteiger partial charge is 0.481 e. The predicted octanol–water partition coefficient (Wildman–Crippen LogP) is 3.23. The van der Waals surface area contributed by atoms with E-state index in [1.54, 1.807) is 11.1 Å². The van der Waals surface area contributed by atoms with E-state index in [1.165, 1.54) is 19.3 Å². The molecule has 1 aromatic heterocycles. The lowest BCUT2D eigenvalue weighted by Gasteiger charge is -2.27. The number of carboxylic acid groups (broad SMARTS) is 1. The third kappa shape index (κ3) is 3.16. The first kappa shape index (κ1) is 17.3. The minimum absolute atomic E-state index is 0.125. The van der Waals surface area contributed by atoms with Gasteiger partial charge in [-0.3, -0.25) is 14.4 Å². The fourth-order valence-electron chi connectivity index (χ4n) is 3.81. The molecular formula is C16H22F3N3O2. The maximum absolute atomic E-state index is 13.2. The molecule has 2 aliphatic rings. The summed E-state index contributed by atoms with van der Waals surface area (Å²) >= 11 is 0. The Kier molecular flexibility index (Phi) is 4.59. The van der Waals surface area contributed by atoms with Crippen molar-refractivity contribution in [2.45, 2.75) is 57.3 Å². The average Bonchev–Trinajstić information content (AvgIpc) is 3.16. The first-order chi connectivity index (χ1) is 11.3. The second-order valence-electron chi connectivity index (χ2n) is 6.97. The SMILES string of the molecule is O=C(O)C1(C(F)(F)F)CCN(Cc2cnn(C3CCCCC3)c2)C1. The van der Waals surface area contributed by atoms with Gasteiger partial charge in [-0.2, -0.15) is 18.3 Å². The van der Waals surface area contributed by atoms with E-state index in [0.29, 0.717) is 12.6 Å². The summed E-state index contributed by atoms with van der Waals surface area (Å²) in [5.41, 5.74) is -1.81. The zero-order valence-electron chi connectivity index (χ0n) is 13.4. The highest BCUT2D eigenvalue weighted by Gasteiger charge is 2.63. The van der Waals surface area contributed by atoms with E-state index in [-0.39, 0.29) is 6.54 Å². The van der Waals surface area contributed by atoms with Crippen LogP contribution < -0.4 is 0 Å². The van der Waals surface area contributed by atoms with E-state index < -0.39 is 30.5 Å². The molecule has 0 radical (unpaired) electrons. The summed E-state index contributed by atoms with van der Waals surface area (Å²) < 4.78 is 41.5. The third-order valence-corrected chi connectivity index (χ3v) is 5.31. The lowest BCUT2D eigenvalue weighted by molar-refractivity contribution is -0.227. The van der Waals surface area contributed by atoms with Gasteiger partial charge in [0.2, 0.25) is 0 Å². The number of carbonyl (C=O) groups is 1. The standard InChI is InChI=1S/C16H22F3N3O2/c17-16(18,19)15(14(23)24)6-7-21(11-15)9-12-8-20-22(10-12)13-4-2-1-3-5-13/h8,10,13H,1-7,9,11H2,(H,23,24). The number of nitrogens with zero attached hydrogens (tertiary/aromatic N) is 3. The molecule has 3 rings (SSSR count). The summed E-state index contributed by atoms with van der Waals surface area (Å²) in [6.45, 7) is -0.0707. The second-order valence-corrected chi connectivity index (χ2v) is 6.97. The number of carboxylic acids is 1. The van der Waals surface area contributed by atoms with Gasteiger partial charge in [-0.15, -0.1) is 0 Å². The maximum atomic E-state index is 13.2. The molecule has 8 heteroatoms. The van der Waals surface area contributed by atoms with Gasteiger partial charge < -0.3 is 5.11 Å². The summed E-state index contributed by atoms with van der Waals surface area (Å²) in [6.07, 6.45) is 4.21. The van der Waals surface area contributed by atoms with Crippen LogP contribution in [0.1, 0.15) is 50.1 Å². The van der Waals surface area contributed by atoms with Crippen LogP contribution in [-0.4, -0.2) is 45.0 Å². The minimum Gasteiger partial charge on any atom is -0.481 e. The molecule has 1 saturated carbocycles. The van der Waals surface area contributed by atoms with Crippen molar-refractivity contribution in [3.05, 3.63) is 18.0 Å². The molecule has 134 valence electrons. The Morgan fingerprint density at radius 3 is 2.62 bits per heavy atom. The normalized spacial score (nSPS) is 26.8. The van der Waals surface area contributed by atoms with Crippen LogP contribution in [0.2, 0.25) is 0 Å². The quantitative estimate of drug-likeness (QED) is 0.910. The molecule has 1 N–H and O–H groups in total. The molecule has 1 atom stereocenters. The molecule has 1 aliphatic heterocycles. The van der Waals surface area contributed by atoms with E-state index in [2.05, 4.69) is 5.10 Å². The predicted molar refractivity (Wildman–Crippen MR) is 80.4 cm³/mol. The van der Waals surface area contributed by atoms with Crippen molar-refractivity contribution in [2.75, 3.05) is 13.1 Å². The van der Waals surface area contributed by atoms with Gasteiger partial charge in [0, 0.05) is 31.4 Å². The van der Waals surface area contributed by atoms with Gasteiger partial charge in [0.15, 0.2) is 5.41 Å². The van der Waals surface area contributed by atoms with E-state index in [4.69, 9.17) is 5.11 Å². The van der Waals surface area contributed by atoms with Crippen molar-refractivity contribution >= 4 is 5.97 Å². The lowest BCUT2D eigenvalue weighted by Crippen LogP contribution is -2.47. The minimum atomic E-state index is -4.74. The van der Waals surface area contributed by atoms with E-state index >= 15 is 0 Å². The molecule has 2 heterocycles. The molecule has 1 aromatic rings. The number of hydrogen-bond acceptors (Lipinski definition) is 3. The lowest BCUT2D eigenvalue weighted by atomic mass is 9.86. The number of aliphatic carboxylic acids is 1. The molecule has 5 nitrogen and oxygen atoms in total. The van der Waals surface area contributed by atoms with Gasteiger partial charge in [0.1, 0.15) is 0 Å². The summed E-state index contributed by atoms with van der Waals surface area (Å²) in [7, 11) is 0. The Morgan fingerprint density at radius 1 is 1.33 bits per heavy atom. The Hall–Kier alpha value is -1.57. The first-order valence-corrected chi connectivity index (χ1v) is 8.37. The summed E-state index contributed by atoms with van der Waals surface area (Å²) in [5.74, 6) is -1.78. The Morgan fingerprint density at radius 2 is 2.04 bits per heavy atom. The topological polar surface area (TPSA) is 58.4 Å². The number of aromatic nitrogens is 2. The van der Waals surface area contributed by atoms with Crippen molar-refractivity contribution in [3.8, 4) is 0 Å². The molecule has 1 saturated heterocycles. The molecule has 1 unspecified atom stereocenters. The smallest absolute Gasteiger partial charge is 0.406 e. The number of hydrogen-bond donors (Lipinski definition) is 1. The summed E-state index contributed by atoms with van der Waals surface area (Å²) in [5, 5.41) is 13.4. The fourth-order valence-corrected chi connectivity index (χ4v) is 3.81. The molecule has 24 heavy (non-hydrogen) atoms. The van der Waals surface area contributed by atoms with Gasteiger partial charge in [0.05, 0.1) is 12.2 Å². The molecule has 0 aromatic carbocycles. The highest BCUT2D eigenvalue weighted by molar-refractivity contribution is 5.76. The van der Waals surface area contributed by atoms with E-state index in [1.807, 2.05) is 10.9 Å². The van der Waals surface area contributed by atoms with Crippen molar-refractivity contribution in [1.29, 1.82) is 0 Å². The maximum Gasteiger partial charge on any atom is 0.406 e. The number of halogens is 3. The Bertz CT molecular complexity index is 596. The van der Waals surface area contributed by atoms with Crippen LogP contribution in [0.4, 0.5) is 13.2 Å². The highest BCUT2D eigenvalue weighted by Crippen LogP contribution is 2.46. The van der Waals surface area contributed by atoms with Gasteiger partial charge >= 0.3 is 12.1 Å². The Balaban J connectivity index is 1.65. The zero-order valence-corrected chi connectivity index (χ0v) is 13.4. The van der Waals surface area contributed by atoms with Crippen LogP contribution in [0, 0.1) is 5.41 Å². The van der Waals surface area contributed by atoms with Crippen molar-refractivity contribution < 1.29 is 23.1 Å². The van der Waals surface area contributed by atoms with Crippen LogP contribution in [0.3, 0.4) is 0 Å². The van der Waals surface area contributed by atoms with Crippen LogP contribution in [0.15, 0.2) is 12.4 Å². The second kappa shape index (κ2) is 6.38. The van der Waals surface area contributed by atoms with Crippen molar-refractivity contribution in [3.63, 3.8) is 0 Å². The van der Waals surface area contributed by atoms with Gasteiger partial charge in [-0.25, -0.2) is 0 Å². The Labute approximate surface area is 138 Å². The molecule has 2 fully saturated rings. The fraction of sp³-hybridized carbons (Fsp3) is 0.750. The summed E-state index contributed by atoms with van der Waals surface area (Å²) in [4.78, 5) is 12.8. The number of rotatable bonds is 4.